The first-order valence-electron chi connectivity index (χ1n) is 4.58. The van der Waals surface area contributed by atoms with Gasteiger partial charge in [0.05, 0.1) is 19.5 Å². The van der Waals surface area contributed by atoms with Crippen LogP contribution in [0.4, 0.5) is 4.39 Å². The van der Waals surface area contributed by atoms with Crippen molar-refractivity contribution >= 4 is 15.2 Å². The molecular formula is C6H11FN2O8P2. The van der Waals surface area contributed by atoms with Crippen LogP contribution in [0.5, 0.6) is 0 Å². The number of rotatable bonds is 6. The summed E-state index contributed by atoms with van der Waals surface area (Å²) in [5.74, 6) is -0.879. The molecule has 6 N–H and O–H groups in total. The molecule has 0 atom stereocenters. The average molecular weight is 320 g/mol. The Hall–Kier alpha value is -0.640. The molecule has 1 heterocycles. The summed E-state index contributed by atoms with van der Waals surface area (Å²) in [6.45, 7) is -2.04. The quantitative estimate of drug-likeness (QED) is 0.362. The number of hydrogen-bond donors (Lipinski definition) is 6. The molecule has 110 valence electrons. The zero-order valence-corrected chi connectivity index (χ0v) is 11.0. The molecule has 13 heteroatoms. The van der Waals surface area contributed by atoms with E-state index < -0.39 is 39.4 Å². The average Bonchev–Trinajstić information content (AvgIpc) is 2.61. The van der Waals surface area contributed by atoms with Gasteiger partial charge in [-0.1, -0.05) is 0 Å². The highest BCUT2D eigenvalue weighted by molar-refractivity contribution is 7.72. The van der Waals surface area contributed by atoms with Crippen LogP contribution in [0.3, 0.4) is 0 Å². The lowest BCUT2D eigenvalue weighted by atomic mass is 10.5. The van der Waals surface area contributed by atoms with E-state index in [1.165, 1.54) is 0 Å². The van der Waals surface area contributed by atoms with Crippen LogP contribution in [-0.4, -0.2) is 46.3 Å². The molecule has 1 aromatic rings. The maximum absolute atomic E-state index is 12.9. The van der Waals surface area contributed by atoms with E-state index in [0.29, 0.717) is 0 Å². The van der Waals surface area contributed by atoms with Crippen LogP contribution in [0.1, 0.15) is 5.69 Å². The van der Waals surface area contributed by atoms with Crippen LogP contribution in [0.15, 0.2) is 6.33 Å². The fourth-order valence-corrected chi connectivity index (χ4v) is 2.91. The molecule has 0 aliphatic rings. The maximum atomic E-state index is 12.9. The predicted molar refractivity (Wildman–Crippen MR) is 57.2 cm³/mol. The van der Waals surface area contributed by atoms with Gasteiger partial charge in [-0.2, -0.15) is 4.39 Å². The Morgan fingerprint density at radius 1 is 1.32 bits per heavy atom. The molecule has 0 saturated carbocycles. The molecule has 0 spiro atoms. The van der Waals surface area contributed by atoms with Crippen molar-refractivity contribution in [3.63, 3.8) is 0 Å². The van der Waals surface area contributed by atoms with Gasteiger partial charge in [0.1, 0.15) is 5.69 Å². The van der Waals surface area contributed by atoms with Crippen molar-refractivity contribution in [3.05, 3.63) is 18.0 Å². The first-order chi connectivity index (χ1) is 8.49. The van der Waals surface area contributed by atoms with E-state index in [1.807, 2.05) is 4.98 Å². The van der Waals surface area contributed by atoms with Crippen LogP contribution >= 0.6 is 15.2 Å². The molecule has 0 saturated heterocycles. The fourth-order valence-electron chi connectivity index (χ4n) is 1.03. The van der Waals surface area contributed by atoms with Crippen molar-refractivity contribution in [1.29, 1.82) is 0 Å². The van der Waals surface area contributed by atoms with Crippen molar-refractivity contribution < 1.29 is 42.9 Å². The predicted octanol–water partition coefficient (Wildman–Crippen LogP) is -0.933. The number of aromatic nitrogens is 2. The van der Waals surface area contributed by atoms with E-state index in [2.05, 4.69) is 9.72 Å². The van der Waals surface area contributed by atoms with Gasteiger partial charge in [-0.05, 0) is 0 Å². The monoisotopic (exact) mass is 320 g/mol. The zero-order valence-electron chi connectivity index (χ0n) is 9.17. The number of H-pyrrole nitrogens is 1. The third kappa shape index (κ3) is 3.47. The molecule has 0 aromatic carbocycles. The maximum Gasteiger partial charge on any atom is 0.371 e. The largest absolute Gasteiger partial charge is 0.371 e. The standard InChI is InChI=1S/C6H11FN2O8P2/c7-5-4(8-3-9-5)1-17-2-6(10,18(11,12)13)19(14,15)16/h3,10H,1-2H2,(H,8,9)(H2,11,12,13)(H2,14,15,16). The molecule has 0 radical (unpaired) electrons. The third-order valence-electron chi connectivity index (χ3n) is 2.13. The number of nitrogens with zero attached hydrogens (tertiary/aromatic N) is 1. The van der Waals surface area contributed by atoms with E-state index in [-0.39, 0.29) is 5.69 Å². The Bertz CT molecular complexity index is 513. The first kappa shape index (κ1) is 16.4. The second-order valence-electron chi connectivity index (χ2n) is 3.52. The summed E-state index contributed by atoms with van der Waals surface area (Å²) >= 11 is 0. The fraction of sp³-hybridized carbons (Fsp3) is 0.500. The lowest BCUT2D eigenvalue weighted by Crippen LogP contribution is -2.34. The van der Waals surface area contributed by atoms with Crippen LogP contribution in [-0.2, 0) is 20.5 Å². The molecule has 1 rings (SSSR count). The lowest BCUT2D eigenvalue weighted by Gasteiger charge is -2.28. The minimum absolute atomic E-state index is 0.279. The molecule has 0 unspecified atom stereocenters. The van der Waals surface area contributed by atoms with Gasteiger partial charge >= 0.3 is 15.2 Å². The Morgan fingerprint density at radius 2 is 1.84 bits per heavy atom. The number of ether oxygens (including phenoxy) is 1. The summed E-state index contributed by atoms with van der Waals surface area (Å²) < 4.78 is 39.3. The van der Waals surface area contributed by atoms with E-state index in [9.17, 15) is 18.6 Å². The summed E-state index contributed by atoms with van der Waals surface area (Å²) in [6.07, 6.45) is 0.978. The molecule has 0 aliphatic heterocycles. The number of imidazole rings is 1. The van der Waals surface area contributed by atoms with E-state index in [4.69, 9.17) is 19.6 Å². The van der Waals surface area contributed by atoms with Crippen LogP contribution in [0.2, 0.25) is 0 Å². The van der Waals surface area contributed by atoms with Crippen molar-refractivity contribution in [1.82, 2.24) is 9.97 Å². The summed E-state index contributed by atoms with van der Waals surface area (Å²) in [5.41, 5.74) is -0.279. The summed E-state index contributed by atoms with van der Waals surface area (Å²) in [7, 11) is -11.2. The second-order valence-corrected chi connectivity index (χ2v) is 7.53. The van der Waals surface area contributed by atoms with Crippen molar-refractivity contribution in [2.75, 3.05) is 6.61 Å². The molecule has 10 nitrogen and oxygen atoms in total. The normalized spacial score (nSPS) is 13.8. The summed E-state index contributed by atoms with van der Waals surface area (Å²) in [4.78, 5) is 40.6. The number of aromatic amines is 1. The lowest BCUT2D eigenvalue weighted by molar-refractivity contribution is 0.0160. The molecule has 0 amide bonds. The first-order valence-corrected chi connectivity index (χ1v) is 7.80. The van der Waals surface area contributed by atoms with E-state index in [1.54, 1.807) is 0 Å². The van der Waals surface area contributed by atoms with Crippen molar-refractivity contribution in [2.24, 2.45) is 0 Å². The Kier molecular flexibility index (Phi) is 4.66. The molecular weight excluding hydrogens is 309 g/mol. The van der Waals surface area contributed by atoms with Gasteiger partial charge in [-0.25, -0.2) is 4.98 Å². The highest BCUT2D eigenvalue weighted by Crippen LogP contribution is 2.67. The topological polar surface area (TPSA) is 173 Å². The number of halogens is 1. The molecule has 1 aromatic heterocycles. The third-order valence-corrected chi connectivity index (χ3v) is 5.82. The van der Waals surface area contributed by atoms with Crippen LogP contribution in [0.25, 0.3) is 0 Å². The Morgan fingerprint density at radius 3 is 2.21 bits per heavy atom. The molecule has 0 bridgehead atoms. The smallest absolute Gasteiger partial charge is 0.371 e. The van der Waals surface area contributed by atoms with Gasteiger partial charge in [0, 0.05) is 0 Å². The minimum atomic E-state index is -5.58. The van der Waals surface area contributed by atoms with Crippen LogP contribution < -0.4 is 0 Å². The molecule has 19 heavy (non-hydrogen) atoms. The van der Waals surface area contributed by atoms with Crippen molar-refractivity contribution in [3.8, 4) is 0 Å². The minimum Gasteiger partial charge on any atom is -0.371 e. The van der Waals surface area contributed by atoms with Gasteiger partial charge in [0.25, 0.3) is 5.08 Å². The molecule has 0 aliphatic carbocycles. The van der Waals surface area contributed by atoms with Crippen molar-refractivity contribution in [2.45, 2.75) is 11.7 Å². The zero-order chi connectivity index (χ0) is 14.9. The van der Waals surface area contributed by atoms with E-state index >= 15 is 0 Å². The van der Waals surface area contributed by atoms with Crippen LogP contribution in [0, 0.1) is 5.95 Å². The SMILES string of the molecule is O=P(O)(O)C(O)(COCc1nc[nH]c1F)P(=O)(O)O. The number of aliphatic hydroxyl groups is 1. The van der Waals surface area contributed by atoms with Gasteiger partial charge < -0.3 is 34.4 Å². The van der Waals surface area contributed by atoms with E-state index in [0.717, 1.165) is 6.33 Å². The number of hydrogen-bond acceptors (Lipinski definition) is 5. The Labute approximate surface area is 105 Å². The van der Waals surface area contributed by atoms with Gasteiger partial charge in [0.2, 0.25) is 5.95 Å². The second kappa shape index (κ2) is 5.39. The summed E-state index contributed by atoms with van der Waals surface area (Å²) in [6, 6.07) is 0. The highest BCUT2D eigenvalue weighted by Gasteiger charge is 2.59. The highest BCUT2D eigenvalue weighted by atomic mass is 31.2. The van der Waals surface area contributed by atoms with Gasteiger partial charge in [-0.3, -0.25) is 9.13 Å². The summed E-state index contributed by atoms with van der Waals surface area (Å²) in [5, 5.41) is 5.72. The Balaban J connectivity index is 2.80. The number of nitrogens with one attached hydrogen (secondary N) is 1. The molecule has 0 fully saturated rings. The van der Waals surface area contributed by atoms with Gasteiger partial charge in [0.15, 0.2) is 0 Å². The van der Waals surface area contributed by atoms with Gasteiger partial charge in [-0.15, -0.1) is 0 Å².